The Hall–Kier alpha value is -3.16. The maximum Gasteiger partial charge on any atom is 0.337 e. The molecule has 152 valence electrons. The Bertz CT molecular complexity index is 1180. The fourth-order valence-electron chi connectivity index (χ4n) is 3.18. The van der Waals surface area contributed by atoms with Crippen LogP contribution < -0.4 is 10.1 Å². The number of fused-ring (bicyclic) bond motifs is 1. The van der Waals surface area contributed by atoms with Crippen molar-refractivity contribution in [3.8, 4) is 17.0 Å². The van der Waals surface area contributed by atoms with Crippen LogP contribution in [0.4, 0.5) is 5.82 Å². The summed E-state index contributed by atoms with van der Waals surface area (Å²) in [6, 6.07) is 21.4. The Kier molecular flexibility index (Phi) is 6.11. The average Bonchev–Trinajstić information content (AvgIpc) is 3.11. The molecule has 4 aromatic rings. The first kappa shape index (κ1) is 20.1. The summed E-state index contributed by atoms with van der Waals surface area (Å²) in [5.41, 5.74) is 3.34. The summed E-state index contributed by atoms with van der Waals surface area (Å²) < 4.78 is 13.3. The van der Waals surface area contributed by atoms with Crippen molar-refractivity contribution < 1.29 is 14.3 Å². The van der Waals surface area contributed by atoms with Crippen molar-refractivity contribution in [1.82, 2.24) is 9.38 Å². The number of pyridine rings is 1. The second kappa shape index (κ2) is 9.11. The maximum absolute atomic E-state index is 12.0. The Morgan fingerprint density at radius 3 is 2.63 bits per heavy atom. The number of esters is 1. The molecule has 1 N–H and O–H groups in total. The van der Waals surface area contributed by atoms with E-state index >= 15 is 0 Å². The van der Waals surface area contributed by atoms with Gasteiger partial charge in [0.1, 0.15) is 29.5 Å². The maximum atomic E-state index is 12.0. The molecule has 0 saturated heterocycles. The van der Waals surface area contributed by atoms with E-state index in [-0.39, 0.29) is 6.61 Å². The topological polar surface area (TPSA) is 64.9 Å². The van der Waals surface area contributed by atoms with Gasteiger partial charge in [0, 0.05) is 29.9 Å². The van der Waals surface area contributed by atoms with Gasteiger partial charge in [-0.3, -0.25) is 4.40 Å². The number of rotatable bonds is 7. The molecule has 2 aromatic heterocycles. The number of anilines is 1. The van der Waals surface area contributed by atoms with Gasteiger partial charge in [-0.15, -0.1) is 0 Å². The van der Waals surface area contributed by atoms with Crippen LogP contribution in [0.5, 0.6) is 5.75 Å². The van der Waals surface area contributed by atoms with Crippen molar-refractivity contribution in [3.63, 3.8) is 0 Å². The summed E-state index contributed by atoms with van der Waals surface area (Å²) in [5.74, 6) is 0.783. The lowest BCUT2D eigenvalue weighted by molar-refractivity contribution is -0.138. The van der Waals surface area contributed by atoms with Gasteiger partial charge in [-0.05, 0) is 45.8 Å². The molecule has 0 amide bonds. The molecule has 0 bridgehead atoms. The van der Waals surface area contributed by atoms with E-state index in [1.807, 2.05) is 59.1 Å². The predicted molar refractivity (Wildman–Crippen MR) is 120 cm³/mol. The van der Waals surface area contributed by atoms with Crippen LogP contribution in [0.15, 0.2) is 77.4 Å². The number of carbonyl (C=O) groups is 1. The number of hydrogen-bond acceptors (Lipinski definition) is 5. The molecule has 30 heavy (non-hydrogen) atoms. The van der Waals surface area contributed by atoms with E-state index in [0.29, 0.717) is 18.0 Å². The van der Waals surface area contributed by atoms with Crippen molar-refractivity contribution >= 4 is 33.4 Å². The number of nitrogens with one attached hydrogen (secondary N) is 1. The van der Waals surface area contributed by atoms with Crippen molar-refractivity contribution in [2.75, 3.05) is 19.0 Å². The minimum absolute atomic E-state index is 0.119. The van der Waals surface area contributed by atoms with Crippen molar-refractivity contribution in [1.29, 1.82) is 0 Å². The molecule has 0 saturated carbocycles. The first-order valence-electron chi connectivity index (χ1n) is 9.40. The fourth-order valence-corrected chi connectivity index (χ4v) is 3.52. The van der Waals surface area contributed by atoms with E-state index < -0.39 is 5.97 Å². The lowest BCUT2D eigenvalue weighted by Crippen LogP contribution is -2.14. The molecule has 0 spiro atoms. The standard InChI is InChI=1S/C23H20BrN3O3/c1-29-15-21(28)30-19-10-6-5-9-18(19)22-23(25-13-16-7-3-2-4-8-16)27-14-17(24)11-12-20(27)26-22/h2-12,14,25H,13,15H2,1H3. The molecule has 7 heteroatoms. The van der Waals surface area contributed by atoms with E-state index in [1.165, 1.54) is 7.11 Å². The minimum atomic E-state index is -0.463. The van der Waals surface area contributed by atoms with Crippen molar-refractivity contribution in [3.05, 3.63) is 83.0 Å². The molecule has 0 aliphatic heterocycles. The smallest absolute Gasteiger partial charge is 0.337 e. The fraction of sp³-hybridized carbons (Fsp3) is 0.130. The number of halogens is 1. The first-order chi connectivity index (χ1) is 14.7. The van der Waals surface area contributed by atoms with Crippen LogP contribution in [0.3, 0.4) is 0 Å². The lowest BCUT2D eigenvalue weighted by atomic mass is 10.1. The number of ether oxygens (including phenoxy) is 2. The van der Waals surface area contributed by atoms with Crippen LogP contribution >= 0.6 is 15.9 Å². The van der Waals surface area contributed by atoms with E-state index in [9.17, 15) is 4.79 Å². The zero-order valence-electron chi connectivity index (χ0n) is 16.3. The molecule has 2 heterocycles. The number of benzene rings is 2. The number of nitrogens with zero attached hydrogens (tertiary/aromatic N) is 2. The summed E-state index contributed by atoms with van der Waals surface area (Å²) in [5, 5.41) is 3.50. The normalized spacial score (nSPS) is 10.9. The van der Waals surface area contributed by atoms with E-state index in [2.05, 4.69) is 33.4 Å². The summed E-state index contributed by atoms with van der Waals surface area (Å²) in [6.45, 7) is 0.505. The Morgan fingerprint density at radius 1 is 1.07 bits per heavy atom. The van der Waals surface area contributed by atoms with Gasteiger partial charge in [-0.25, -0.2) is 9.78 Å². The number of aromatic nitrogens is 2. The number of imidazole rings is 1. The number of carbonyl (C=O) groups excluding carboxylic acids is 1. The molecule has 0 radical (unpaired) electrons. The van der Waals surface area contributed by atoms with Crippen molar-refractivity contribution in [2.45, 2.75) is 6.54 Å². The highest BCUT2D eigenvalue weighted by molar-refractivity contribution is 9.10. The van der Waals surface area contributed by atoms with Gasteiger partial charge >= 0.3 is 5.97 Å². The monoisotopic (exact) mass is 465 g/mol. The highest BCUT2D eigenvalue weighted by atomic mass is 79.9. The SMILES string of the molecule is COCC(=O)Oc1ccccc1-c1nc2ccc(Br)cn2c1NCc1ccccc1. The molecular weight excluding hydrogens is 446 g/mol. The third-order valence-corrected chi connectivity index (χ3v) is 4.98. The summed E-state index contributed by atoms with van der Waals surface area (Å²) >= 11 is 3.53. The van der Waals surface area contributed by atoms with Crippen LogP contribution in [0, 0.1) is 0 Å². The second-order valence-electron chi connectivity index (χ2n) is 6.63. The van der Waals surface area contributed by atoms with Crippen LogP contribution in [0.2, 0.25) is 0 Å². The first-order valence-corrected chi connectivity index (χ1v) is 10.2. The van der Waals surface area contributed by atoms with E-state index in [0.717, 1.165) is 27.1 Å². The zero-order chi connectivity index (χ0) is 20.9. The summed E-state index contributed by atoms with van der Waals surface area (Å²) in [7, 11) is 1.46. The van der Waals surface area contributed by atoms with E-state index in [4.69, 9.17) is 14.5 Å². The van der Waals surface area contributed by atoms with Gasteiger partial charge in [-0.2, -0.15) is 0 Å². The van der Waals surface area contributed by atoms with E-state index in [1.54, 1.807) is 6.07 Å². The number of hydrogen-bond donors (Lipinski definition) is 1. The molecule has 0 aliphatic rings. The third kappa shape index (κ3) is 4.37. The largest absolute Gasteiger partial charge is 0.424 e. The van der Waals surface area contributed by atoms with Crippen LogP contribution in [0.25, 0.3) is 16.9 Å². The molecule has 0 aliphatic carbocycles. The molecule has 0 unspecified atom stereocenters. The number of para-hydroxylation sites is 1. The zero-order valence-corrected chi connectivity index (χ0v) is 17.9. The molecule has 0 atom stereocenters. The molecule has 2 aromatic carbocycles. The summed E-state index contributed by atoms with van der Waals surface area (Å²) in [4.78, 5) is 16.8. The van der Waals surface area contributed by atoms with Gasteiger partial charge < -0.3 is 14.8 Å². The molecule has 0 fully saturated rings. The van der Waals surface area contributed by atoms with Crippen LogP contribution in [-0.4, -0.2) is 29.1 Å². The van der Waals surface area contributed by atoms with Crippen LogP contribution in [0.1, 0.15) is 5.56 Å². The molecular formula is C23H20BrN3O3. The van der Waals surface area contributed by atoms with Crippen LogP contribution in [-0.2, 0) is 16.1 Å². The Morgan fingerprint density at radius 2 is 1.83 bits per heavy atom. The highest BCUT2D eigenvalue weighted by Crippen LogP contribution is 2.36. The quantitative estimate of drug-likeness (QED) is 0.309. The average molecular weight is 466 g/mol. The van der Waals surface area contributed by atoms with Crippen molar-refractivity contribution in [2.24, 2.45) is 0 Å². The Balaban J connectivity index is 1.78. The predicted octanol–water partition coefficient (Wildman–Crippen LogP) is 4.93. The van der Waals surface area contributed by atoms with Gasteiger partial charge in [0.05, 0.1) is 0 Å². The van der Waals surface area contributed by atoms with Gasteiger partial charge in [0.15, 0.2) is 0 Å². The molecule has 4 rings (SSSR count). The molecule has 6 nitrogen and oxygen atoms in total. The summed E-state index contributed by atoms with van der Waals surface area (Å²) in [6.07, 6.45) is 1.96. The third-order valence-electron chi connectivity index (χ3n) is 4.51. The highest BCUT2D eigenvalue weighted by Gasteiger charge is 2.19. The van der Waals surface area contributed by atoms with Gasteiger partial charge in [0.2, 0.25) is 0 Å². The number of methoxy groups -OCH3 is 1. The van der Waals surface area contributed by atoms with Gasteiger partial charge in [-0.1, -0.05) is 42.5 Å². The lowest BCUT2D eigenvalue weighted by Gasteiger charge is -2.12. The minimum Gasteiger partial charge on any atom is -0.424 e. The second-order valence-corrected chi connectivity index (χ2v) is 7.54. The Labute approximate surface area is 182 Å². The van der Waals surface area contributed by atoms with Gasteiger partial charge in [0.25, 0.3) is 0 Å².